The first-order chi connectivity index (χ1) is 16.6. The Morgan fingerprint density at radius 1 is 0.794 bits per heavy atom. The third-order valence-corrected chi connectivity index (χ3v) is 6.28. The number of nitrogens with one attached hydrogen (secondary N) is 1. The Balaban J connectivity index is 1.70. The lowest BCUT2D eigenvalue weighted by molar-refractivity contribution is 0.0805. The zero-order chi connectivity index (χ0) is 23.9. The van der Waals surface area contributed by atoms with E-state index in [4.69, 9.17) is 9.47 Å². The second-order valence-electron chi connectivity index (χ2n) is 9.02. The fraction of sp³-hybridized carbons (Fsp3) is 0.345. The van der Waals surface area contributed by atoms with Gasteiger partial charge in [-0.25, -0.2) is 0 Å². The van der Waals surface area contributed by atoms with Crippen LogP contribution in [0.5, 0.6) is 0 Å². The molecule has 34 heavy (non-hydrogen) atoms. The fourth-order valence-electron chi connectivity index (χ4n) is 4.41. The largest absolute Gasteiger partial charge is 0.385 e. The summed E-state index contributed by atoms with van der Waals surface area (Å²) < 4.78 is 15.5. The summed E-state index contributed by atoms with van der Waals surface area (Å²) in [7, 11) is 1.71. The second-order valence-corrected chi connectivity index (χ2v) is 9.02. The molecule has 1 aromatic heterocycles. The number of hydrogen-bond donors (Lipinski definition) is 1. The Morgan fingerprint density at radius 2 is 1.41 bits per heavy atom. The molecule has 5 nitrogen and oxygen atoms in total. The number of benzene rings is 3. The fourth-order valence-corrected chi connectivity index (χ4v) is 4.41. The maximum atomic E-state index is 9.19. The number of methoxy groups -OCH3 is 1. The molecule has 0 aliphatic heterocycles. The quantitative estimate of drug-likeness (QED) is 0.306. The third kappa shape index (κ3) is 5.66. The maximum absolute atomic E-state index is 9.19. The SMILES string of the molecule is COCCCOC[C@H](Cc1ccc(C)cc1)n1c(=N)n(Cc2ccc(C)cc2)c2ccccc21. The molecule has 5 heteroatoms. The summed E-state index contributed by atoms with van der Waals surface area (Å²) in [4.78, 5) is 0. The zero-order valence-corrected chi connectivity index (χ0v) is 20.5. The van der Waals surface area contributed by atoms with Crippen molar-refractivity contribution in [3.05, 3.63) is 101 Å². The van der Waals surface area contributed by atoms with Crippen LogP contribution in [-0.2, 0) is 22.4 Å². The predicted octanol–water partition coefficient (Wildman–Crippen LogP) is 5.42. The standard InChI is InChI=1S/C29H35N3O2/c1-22-9-13-24(14-10-22)19-26(21-34-18-6-17-33-3)32-28-8-5-4-7-27(28)31(29(32)30)20-25-15-11-23(2)12-16-25/h4-5,7-16,26,30H,6,17-21H2,1-3H3/t26-/m0/s1. The topological polar surface area (TPSA) is 52.2 Å². The average molecular weight is 458 g/mol. The molecule has 3 aromatic carbocycles. The molecule has 0 amide bonds. The first-order valence-corrected chi connectivity index (χ1v) is 12.0. The van der Waals surface area contributed by atoms with Gasteiger partial charge in [-0.2, -0.15) is 0 Å². The van der Waals surface area contributed by atoms with Gasteiger partial charge < -0.3 is 18.6 Å². The van der Waals surface area contributed by atoms with Gasteiger partial charge in [0.1, 0.15) is 0 Å². The molecule has 1 atom stereocenters. The van der Waals surface area contributed by atoms with Gasteiger partial charge in [0.2, 0.25) is 5.62 Å². The highest BCUT2D eigenvalue weighted by molar-refractivity contribution is 5.76. The van der Waals surface area contributed by atoms with Crippen LogP contribution in [0.25, 0.3) is 11.0 Å². The van der Waals surface area contributed by atoms with Crippen molar-refractivity contribution in [2.75, 3.05) is 26.9 Å². The summed E-state index contributed by atoms with van der Waals surface area (Å²) in [6, 6.07) is 25.6. The van der Waals surface area contributed by atoms with E-state index in [1.807, 2.05) is 6.07 Å². The van der Waals surface area contributed by atoms with Crippen LogP contribution in [-0.4, -0.2) is 36.1 Å². The summed E-state index contributed by atoms with van der Waals surface area (Å²) in [5.41, 5.74) is 7.57. The number of fused-ring (bicyclic) bond motifs is 1. The highest BCUT2D eigenvalue weighted by Crippen LogP contribution is 2.22. The minimum absolute atomic E-state index is 0.0157. The predicted molar refractivity (Wildman–Crippen MR) is 137 cm³/mol. The monoisotopic (exact) mass is 457 g/mol. The molecule has 1 heterocycles. The van der Waals surface area contributed by atoms with E-state index >= 15 is 0 Å². The van der Waals surface area contributed by atoms with Crippen molar-refractivity contribution in [1.82, 2.24) is 9.13 Å². The van der Waals surface area contributed by atoms with Crippen LogP contribution in [0, 0.1) is 19.3 Å². The lowest BCUT2D eigenvalue weighted by atomic mass is 10.0. The third-order valence-electron chi connectivity index (χ3n) is 6.28. The van der Waals surface area contributed by atoms with E-state index in [-0.39, 0.29) is 6.04 Å². The van der Waals surface area contributed by atoms with Crippen molar-refractivity contribution < 1.29 is 9.47 Å². The van der Waals surface area contributed by atoms with E-state index in [1.54, 1.807) is 7.11 Å². The van der Waals surface area contributed by atoms with Crippen LogP contribution in [0.3, 0.4) is 0 Å². The first kappa shape index (κ1) is 24.0. The average Bonchev–Trinajstić information content (AvgIpc) is 3.12. The molecule has 0 saturated carbocycles. The lowest BCUT2D eigenvalue weighted by Gasteiger charge is -2.20. The summed E-state index contributed by atoms with van der Waals surface area (Å²) in [5, 5.41) is 9.19. The van der Waals surface area contributed by atoms with Crippen molar-refractivity contribution in [1.29, 1.82) is 5.41 Å². The zero-order valence-electron chi connectivity index (χ0n) is 20.5. The Morgan fingerprint density at radius 3 is 2.06 bits per heavy atom. The van der Waals surface area contributed by atoms with E-state index in [2.05, 4.69) is 89.7 Å². The Hall–Kier alpha value is -3.15. The maximum Gasteiger partial charge on any atom is 0.203 e. The van der Waals surface area contributed by atoms with E-state index in [9.17, 15) is 5.41 Å². The van der Waals surface area contributed by atoms with Crippen LogP contribution < -0.4 is 5.62 Å². The van der Waals surface area contributed by atoms with Gasteiger partial charge in [-0.15, -0.1) is 0 Å². The lowest BCUT2D eigenvalue weighted by Crippen LogP contribution is -2.31. The minimum Gasteiger partial charge on any atom is -0.385 e. The molecule has 4 aromatic rings. The number of aromatic nitrogens is 2. The summed E-state index contributed by atoms with van der Waals surface area (Å²) in [6.07, 6.45) is 1.67. The molecule has 0 fully saturated rings. The molecular weight excluding hydrogens is 422 g/mol. The number of para-hydroxylation sites is 2. The van der Waals surface area contributed by atoms with Crippen molar-refractivity contribution in [2.24, 2.45) is 0 Å². The van der Waals surface area contributed by atoms with Gasteiger partial charge in [-0.3, -0.25) is 5.41 Å². The molecule has 0 aliphatic rings. The Kier molecular flexibility index (Phi) is 7.99. The second kappa shape index (κ2) is 11.3. The highest BCUT2D eigenvalue weighted by atomic mass is 16.5. The van der Waals surface area contributed by atoms with E-state index < -0.39 is 0 Å². The summed E-state index contributed by atoms with van der Waals surface area (Å²) in [6.45, 7) is 6.76. The number of hydrogen-bond acceptors (Lipinski definition) is 3. The Labute approximate surface area is 202 Å². The van der Waals surface area contributed by atoms with Gasteiger partial charge in [0.25, 0.3) is 0 Å². The van der Waals surface area contributed by atoms with Gasteiger partial charge in [-0.05, 0) is 49.9 Å². The van der Waals surface area contributed by atoms with Crippen molar-refractivity contribution in [2.45, 2.75) is 39.3 Å². The summed E-state index contributed by atoms with van der Waals surface area (Å²) in [5.74, 6) is 0. The van der Waals surface area contributed by atoms with Crippen LogP contribution in [0.1, 0.15) is 34.7 Å². The van der Waals surface area contributed by atoms with Crippen molar-refractivity contribution in [3.8, 4) is 0 Å². The van der Waals surface area contributed by atoms with Gasteiger partial charge in [0.05, 0.1) is 30.2 Å². The minimum atomic E-state index is 0.0157. The molecule has 0 radical (unpaired) electrons. The van der Waals surface area contributed by atoms with Crippen molar-refractivity contribution >= 4 is 11.0 Å². The highest BCUT2D eigenvalue weighted by Gasteiger charge is 2.20. The van der Waals surface area contributed by atoms with Gasteiger partial charge in [-0.1, -0.05) is 71.8 Å². The number of ether oxygens (including phenoxy) is 2. The molecule has 1 N–H and O–H groups in total. The molecule has 0 spiro atoms. The molecule has 178 valence electrons. The molecule has 0 unspecified atom stereocenters. The van der Waals surface area contributed by atoms with E-state index in [0.29, 0.717) is 32.0 Å². The summed E-state index contributed by atoms with van der Waals surface area (Å²) >= 11 is 0. The van der Waals surface area contributed by atoms with Gasteiger partial charge in [0, 0.05) is 20.3 Å². The molecule has 4 rings (SSSR count). The first-order valence-electron chi connectivity index (χ1n) is 12.0. The van der Waals surface area contributed by atoms with Crippen LogP contribution in [0.15, 0.2) is 72.8 Å². The smallest absolute Gasteiger partial charge is 0.203 e. The van der Waals surface area contributed by atoms with Gasteiger partial charge >= 0.3 is 0 Å². The molecule has 0 saturated heterocycles. The van der Waals surface area contributed by atoms with Gasteiger partial charge in [0.15, 0.2) is 0 Å². The molecular formula is C29H35N3O2. The Bertz CT molecular complexity index is 1250. The van der Waals surface area contributed by atoms with Crippen LogP contribution in [0.4, 0.5) is 0 Å². The normalized spacial score (nSPS) is 12.3. The number of aryl methyl sites for hydroxylation is 2. The number of imidazole rings is 1. The van der Waals surface area contributed by atoms with E-state index in [1.165, 1.54) is 22.3 Å². The molecule has 0 bridgehead atoms. The van der Waals surface area contributed by atoms with Crippen LogP contribution >= 0.6 is 0 Å². The molecule has 0 aliphatic carbocycles. The number of nitrogens with zero attached hydrogens (tertiary/aromatic N) is 2. The van der Waals surface area contributed by atoms with Crippen molar-refractivity contribution in [3.63, 3.8) is 0 Å². The van der Waals surface area contributed by atoms with E-state index in [0.717, 1.165) is 23.9 Å². The number of rotatable bonds is 11. The van der Waals surface area contributed by atoms with Crippen LogP contribution in [0.2, 0.25) is 0 Å².